The number of nitrogens with one attached hydrogen (secondary N) is 1. The van der Waals surface area contributed by atoms with Crippen molar-refractivity contribution in [2.24, 2.45) is 0 Å². The number of hydrogen-bond acceptors (Lipinski definition) is 4. The Morgan fingerprint density at radius 2 is 1.76 bits per heavy atom. The summed E-state index contributed by atoms with van der Waals surface area (Å²) in [5, 5.41) is 3.94. The molecule has 29 heavy (non-hydrogen) atoms. The third-order valence-corrected chi connectivity index (χ3v) is 5.80. The summed E-state index contributed by atoms with van der Waals surface area (Å²) in [6, 6.07) is 11.7. The van der Waals surface area contributed by atoms with E-state index < -0.39 is 15.8 Å². The van der Waals surface area contributed by atoms with Crippen molar-refractivity contribution in [3.8, 4) is 11.3 Å². The van der Waals surface area contributed by atoms with Crippen molar-refractivity contribution in [3.63, 3.8) is 0 Å². The summed E-state index contributed by atoms with van der Waals surface area (Å²) < 4.78 is 54.3. The topological polar surface area (TPSA) is 81.1 Å². The minimum absolute atomic E-state index is 0.0340. The number of nitrogens with zero attached hydrogens (tertiary/aromatic N) is 2. The van der Waals surface area contributed by atoms with Gasteiger partial charge in [0.05, 0.1) is 15.6 Å². The molecule has 0 fully saturated rings. The third-order valence-electron chi connectivity index (χ3n) is 4.05. The van der Waals surface area contributed by atoms with Gasteiger partial charge in [-0.1, -0.05) is 11.6 Å². The Bertz CT molecular complexity index is 1180. The molecule has 0 radical (unpaired) electrons. The van der Waals surface area contributed by atoms with Crippen LogP contribution in [0.15, 0.2) is 64.3 Å². The van der Waals surface area contributed by atoms with Crippen LogP contribution in [-0.4, -0.2) is 24.7 Å². The Balaban J connectivity index is 1.64. The van der Waals surface area contributed by atoms with Gasteiger partial charge in [0, 0.05) is 24.7 Å². The second-order valence-electron chi connectivity index (χ2n) is 6.11. The lowest BCUT2D eigenvalue weighted by atomic mass is 10.1. The molecule has 152 valence electrons. The van der Waals surface area contributed by atoms with Gasteiger partial charge >= 0.3 is 0 Å². The van der Waals surface area contributed by atoms with Gasteiger partial charge in [-0.3, -0.25) is 4.79 Å². The molecule has 1 N–H and O–H groups in total. The molecule has 0 atom stereocenters. The van der Waals surface area contributed by atoms with Gasteiger partial charge in [-0.05, 0) is 55.0 Å². The molecule has 0 unspecified atom stereocenters. The molecule has 10 heteroatoms. The molecule has 0 aliphatic rings. The molecule has 3 rings (SSSR count). The summed E-state index contributed by atoms with van der Waals surface area (Å²) in [5.41, 5.74) is 0.796. The Morgan fingerprint density at radius 1 is 1.03 bits per heavy atom. The molecular weight excluding hydrogens is 424 g/mol. The average Bonchev–Trinajstić information content (AvgIpc) is 2.69. The number of benzene rings is 2. The third kappa shape index (κ3) is 5.26. The molecule has 0 spiro atoms. The maximum atomic E-state index is 13.2. The van der Waals surface area contributed by atoms with E-state index in [2.05, 4.69) is 9.82 Å². The van der Waals surface area contributed by atoms with Gasteiger partial charge in [-0.15, -0.1) is 0 Å². The second-order valence-corrected chi connectivity index (χ2v) is 8.29. The van der Waals surface area contributed by atoms with Crippen LogP contribution in [0.3, 0.4) is 0 Å². The van der Waals surface area contributed by atoms with E-state index in [9.17, 15) is 22.0 Å². The monoisotopic (exact) mass is 439 g/mol. The van der Waals surface area contributed by atoms with Crippen LogP contribution in [-0.2, 0) is 16.6 Å². The Labute approximate surface area is 170 Å². The number of sulfonamides is 1. The van der Waals surface area contributed by atoms with Crippen LogP contribution in [0, 0.1) is 11.6 Å². The molecule has 1 heterocycles. The first-order valence-corrected chi connectivity index (χ1v) is 10.4. The molecule has 0 amide bonds. The smallest absolute Gasteiger partial charge is 0.266 e. The molecular formula is C19H16ClF2N3O3S. The highest BCUT2D eigenvalue weighted by Gasteiger charge is 2.15. The standard InChI is InChI=1S/C19H16ClF2N3O3S/c20-16-12-15(6-7-17(16)22)29(27,28)23-10-1-11-25-19(26)9-8-18(24-25)13-2-4-14(21)5-3-13/h2-9,12,23H,1,10-11H2. The lowest BCUT2D eigenvalue weighted by Crippen LogP contribution is -2.28. The summed E-state index contributed by atoms with van der Waals surface area (Å²) >= 11 is 5.62. The van der Waals surface area contributed by atoms with E-state index in [1.807, 2.05) is 0 Å². The van der Waals surface area contributed by atoms with E-state index in [1.165, 1.54) is 28.9 Å². The Kier molecular flexibility index (Phi) is 6.41. The first-order valence-electron chi connectivity index (χ1n) is 8.55. The highest BCUT2D eigenvalue weighted by Crippen LogP contribution is 2.19. The number of aryl methyl sites for hydroxylation is 1. The fourth-order valence-electron chi connectivity index (χ4n) is 2.55. The van der Waals surface area contributed by atoms with E-state index >= 15 is 0 Å². The number of rotatable bonds is 7. The summed E-state index contributed by atoms with van der Waals surface area (Å²) in [6.45, 7) is 0.201. The maximum Gasteiger partial charge on any atom is 0.266 e. The van der Waals surface area contributed by atoms with Crippen LogP contribution in [0.5, 0.6) is 0 Å². The molecule has 0 bridgehead atoms. The van der Waals surface area contributed by atoms with Gasteiger partial charge in [-0.25, -0.2) is 26.6 Å². The highest BCUT2D eigenvalue weighted by atomic mass is 35.5. The first-order chi connectivity index (χ1) is 13.8. The summed E-state index contributed by atoms with van der Waals surface area (Å²) in [6.07, 6.45) is 0.286. The highest BCUT2D eigenvalue weighted by molar-refractivity contribution is 7.89. The summed E-state index contributed by atoms with van der Waals surface area (Å²) in [7, 11) is -3.86. The minimum atomic E-state index is -3.86. The predicted molar refractivity (Wildman–Crippen MR) is 105 cm³/mol. The predicted octanol–water partition coefficient (Wildman–Crippen LogP) is 3.21. The van der Waals surface area contributed by atoms with Gasteiger partial charge in [-0.2, -0.15) is 5.10 Å². The van der Waals surface area contributed by atoms with Crippen molar-refractivity contribution >= 4 is 21.6 Å². The molecule has 0 saturated carbocycles. The van der Waals surface area contributed by atoms with Gasteiger partial charge in [0.2, 0.25) is 10.0 Å². The molecule has 1 aromatic heterocycles. The van der Waals surface area contributed by atoms with Gasteiger partial charge in [0.1, 0.15) is 11.6 Å². The maximum absolute atomic E-state index is 13.2. The summed E-state index contributed by atoms with van der Waals surface area (Å²) in [4.78, 5) is 11.8. The molecule has 3 aromatic rings. The zero-order valence-corrected chi connectivity index (χ0v) is 16.6. The van der Waals surface area contributed by atoms with Crippen LogP contribution in [0.4, 0.5) is 8.78 Å². The van der Waals surface area contributed by atoms with Crippen molar-refractivity contribution in [2.45, 2.75) is 17.9 Å². The number of halogens is 3. The average molecular weight is 440 g/mol. The van der Waals surface area contributed by atoms with E-state index in [0.29, 0.717) is 11.3 Å². The van der Waals surface area contributed by atoms with Gasteiger partial charge < -0.3 is 0 Å². The number of hydrogen-bond donors (Lipinski definition) is 1. The van der Waals surface area contributed by atoms with Crippen LogP contribution in [0.25, 0.3) is 11.3 Å². The lowest BCUT2D eigenvalue weighted by molar-refractivity contribution is 0.536. The van der Waals surface area contributed by atoms with E-state index in [1.54, 1.807) is 12.1 Å². The Hall–Kier alpha value is -2.62. The second kappa shape index (κ2) is 8.81. The molecule has 0 aliphatic carbocycles. The molecule has 0 aliphatic heterocycles. The normalized spacial score (nSPS) is 11.6. The van der Waals surface area contributed by atoms with Crippen LogP contribution < -0.4 is 10.3 Å². The van der Waals surface area contributed by atoms with Crippen molar-refractivity contribution in [3.05, 3.63) is 81.6 Å². The molecule has 2 aromatic carbocycles. The van der Waals surface area contributed by atoms with E-state index in [4.69, 9.17) is 11.6 Å². The fourth-order valence-corrected chi connectivity index (χ4v) is 3.89. The largest absolute Gasteiger partial charge is 0.268 e. The van der Waals surface area contributed by atoms with Gasteiger partial charge in [0.25, 0.3) is 5.56 Å². The van der Waals surface area contributed by atoms with E-state index in [0.717, 1.165) is 18.2 Å². The van der Waals surface area contributed by atoms with Crippen molar-refractivity contribution in [2.75, 3.05) is 6.54 Å². The number of aromatic nitrogens is 2. The lowest BCUT2D eigenvalue weighted by Gasteiger charge is -2.09. The van der Waals surface area contributed by atoms with E-state index in [-0.39, 0.29) is 40.8 Å². The minimum Gasteiger partial charge on any atom is -0.268 e. The van der Waals surface area contributed by atoms with Crippen LogP contribution >= 0.6 is 11.6 Å². The summed E-state index contributed by atoms with van der Waals surface area (Å²) in [5.74, 6) is -1.09. The quantitative estimate of drug-likeness (QED) is 0.573. The van der Waals surface area contributed by atoms with Crippen LogP contribution in [0.1, 0.15) is 6.42 Å². The zero-order chi connectivity index (χ0) is 21.0. The molecule has 0 saturated heterocycles. The zero-order valence-electron chi connectivity index (χ0n) is 15.0. The SMILES string of the molecule is O=c1ccc(-c2ccc(F)cc2)nn1CCCNS(=O)(=O)c1ccc(F)c(Cl)c1. The van der Waals surface area contributed by atoms with Crippen LogP contribution in [0.2, 0.25) is 5.02 Å². The molecule has 6 nitrogen and oxygen atoms in total. The van der Waals surface area contributed by atoms with Crippen molar-refractivity contribution < 1.29 is 17.2 Å². The Morgan fingerprint density at radius 3 is 2.45 bits per heavy atom. The first kappa shape index (κ1) is 21.1. The van der Waals surface area contributed by atoms with Crippen molar-refractivity contribution in [1.82, 2.24) is 14.5 Å². The van der Waals surface area contributed by atoms with Crippen molar-refractivity contribution in [1.29, 1.82) is 0 Å². The van der Waals surface area contributed by atoms with Gasteiger partial charge in [0.15, 0.2) is 0 Å². The fraction of sp³-hybridized carbons (Fsp3) is 0.158.